The number of carbonyl (C=O) groups is 1. The maximum atomic E-state index is 13.3. The number of benzene rings is 1. The van der Waals surface area contributed by atoms with Crippen LogP contribution in [0.1, 0.15) is 17.2 Å². The van der Waals surface area contributed by atoms with Crippen molar-refractivity contribution in [2.75, 3.05) is 33.4 Å². The minimum absolute atomic E-state index is 0. The van der Waals surface area contributed by atoms with Gasteiger partial charge in [-0.05, 0) is 24.1 Å². The summed E-state index contributed by atoms with van der Waals surface area (Å²) in [5.74, 6) is -0.395. The van der Waals surface area contributed by atoms with Crippen LogP contribution in [0.3, 0.4) is 0 Å². The first-order valence-corrected chi connectivity index (χ1v) is 6.94. The van der Waals surface area contributed by atoms with Crippen molar-refractivity contribution >= 4 is 18.3 Å². The topological polar surface area (TPSA) is 64.8 Å². The summed E-state index contributed by atoms with van der Waals surface area (Å²) in [6, 6.07) is 4.20. The molecule has 1 aliphatic heterocycles. The standard InChI is InChI=1S/C15H21FN2O3.ClH/c1-10-7-11(3-4-12(10)16)14-8-18(5-6-21-14)15(19)13(17)9-20-2;/h3-4,7,13-14H,5-6,8-9,17H2,1-2H3;1H. The summed E-state index contributed by atoms with van der Waals surface area (Å²) in [5.41, 5.74) is 7.21. The first-order chi connectivity index (χ1) is 10.0. The van der Waals surface area contributed by atoms with Crippen LogP contribution < -0.4 is 5.73 Å². The number of hydrogen-bond donors (Lipinski definition) is 1. The number of aryl methyl sites for hydroxylation is 1. The van der Waals surface area contributed by atoms with Crippen LogP contribution in [0.2, 0.25) is 0 Å². The van der Waals surface area contributed by atoms with Gasteiger partial charge in [0, 0.05) is 13.7 Å². The van der Waals surface area contributed by atoms with Crippen molar-refractivity contribution in [2.24, 2.45) is 5.73 Å². The lowest BCUT2D eigenvalue weighted by Gasteiger charge is -2.34. The van der Waals surface area contributed by atoms with Gasteiger partial charge in [0.15, 0.2) is 0 Å². The maximum Gasteiger partial charge on any atom is 0.242 e. The van der Waals surface area contributed by atoms with Gasteiger partial charge in [-0.3, -0.25) is 4.79 Å². The van der Waals surface area contributed by atoms with Crippen LogP contribution in [0.5, 0.6) is 0 Å². The predicted molar refractivity (Wildman–Crippen MR) is 83.5 cm³/mol. The van der Waals surface area contributed by atoms with Gasteiger partial charge in [-0.15, -0.1) is 12.4 Å². The average Bonchev–Trinajstić information content (AvgIpc) is 2.49. The zero-order valence-corrected chi connectivity index (χ0v) is 13.6. The Balaban J connectivity index is 0.00000242. The minimum Gasteiger partial charge on any atom is -0.383 e. The number of amides is 1. The number of hydrogen-bond acceptors (Lipinski definition) is 4. The van der Waals surface area contributed by atoms with Crippen molar-refractivity contribution in [3.8, 4) is 0 Å². The third kappa shape index (κ3) is 4.39. The molecule has 0 aliphatic carbocycles. The Kier molecular flexibility index (Phi) is 7.22. The molecule has 0 bridgehead atoms. The molecule has 0 radical (unpaired) electrons. The maximum absolute atomic E-state index is 13.3. The molecular weight excluding hydrogens is 311 g/mol. The summed E-state index contributed by atoms with van der Waals surface area (Å²) in [6.07, 6.45) is -0.253. The highest BCUT2D eigenvalue weighted by atomic mass is 35.5. The van der Waals surface area contributed by atoms with Crippen LogP contribution in [-0.2, 0) is 14.3 Å². The van der Waals surface area contributed by atoms with Crippen molar-refractivity contribution in [3.63, 3.8) is 0 Å². The van der Waals surface area contributed by atoms with Gasteiger partial charge in [0.2, 0.25) is 5.91 Å². The second-order valence-corrected chi connectivity index (χ2v) is 5.21. The minimum atomic E-state index is -0.663. The van der Waals surface area contributed by atoms with Crippen LogP contribution in [0.25, 0.3) is 0 Å². The summed E-state index contributed by atoms with van der Waals surface area (Å²) < 4.78 is 23.9. The highest BCUT2D eigenvalue weighted by Gasteiger charge is 2.28. The average molecular weight is 333 g/mol. The summed E-state index contributed by atoms with van der Waals surface area (Å²) in [7, 11) is 1.51. The molecule has 2 rings (SSSR count). The molecule has 1 aliphatic rings. The van der Waals surface area contributed by atoms with Crippen LogP contribution in [0.4, 0.5) is 4.39 Å². The smallest absolute Gasteiger partial charge is 0.242 e. The Morgan fingerprint density at radius 1 is 1.59 bits per heavy atom. The number of methoxy groups -OCH3 is 1. The molecule has 7 heteroatoms. The molecular formula is C15H22ClFN2O3. The predicted octanol–water partition coefficient (Wildman–Crippen LogP) is 1.43. The zero-order chi connectivity index (χ0) is 15.4. The molecule has 0 saturated carbocycles. The van der Waals surface area contributed by atoms with E-state index >= 15 is 0 Å². The van der Waals surface area contributed by atoms with Crippen LogP contribution in [-0.4, -0.2) is 50.3 Å². The molecule has 0 aromatic heterocycles. The molecule has 1 amide bonds. The molecule has 2 atom stereocenters. The lowest BCUT2D eigenvalue weighted by molar-refractivity contribution is -0.141. The summed E-state index contributed by atoms with van der Waals surface area (Å²) in [6.45, 7) is 3.26. The molecule has 1 aromatic rings. The van der Waals surface area contributed by atoms with E-state index in [2.05, 4.69) is 0 Å². The lowest BCUT2D eigenvalue weighted by atomic mass is 10.0. The third-order valence-corrected chi connectivity index (χ3v) is 3.60. The van der Waals surface area contributed by atoms with Crippen molar-refractivity contribution in [1.82, 2.24) is 4.90 Å². The lowest BCUT2D eigenvalue weighted by Crippen LogP contribution is -2.50. The SMILES string of the molecule is COCC(N)C(=O)N1CCOC(c2ccc(F)c(C)c2)C1.Cl. The van der Waals surface area contributed by atoms with Gasteiger partial charge in [-0.2, -0.15) is 0 Å². The van der Waals surface area contributed by atoms with E-state index in [-0.39, 0.29) is 36.8 Å². The molecule has 0 spiro atoms. The molecule has 1 fully saturated rings. The fourth-order valence-corrected chi connectivity index (χ4v) is 2.40. The van der Waals surface area contributed by atoms with E-state index < -0.39 is 6.04 Å². The third-order valence-electron chi connectivity index (χ3n) is 3.60. The van der Waals surface area contributed by atoms with Crippen LogP contribution >= 0.6 is 12.4 Å². The van der Waals surface area contributed by atoms with Crippen molar-refractivity contribution in [1.29, 1.82) is 0 Å². The number of rotatable bonds is 4. The quantitative estimate of drug-likeness (QED) is 0.906. The molecule has 124 valence electrons. The van der Waals surface area contributed by atoms with E-state index in [9.17, 15) is 9.18 Å². The summed E-state index contributed by atoms with van der Waals surface area (Å²) >= 11 is 0. The van der Waals surface area contributed by atoms with Gasteiger partial charge >= 0.3 is 0 Å². The number of nitrogens with zero attached hydrogens (tertiary/aromatic N) is 1. The fourth-order valence-electron chi connectivity index (χ4n) is 2.40. The molecule has 1 heterocycles. The zero-order valence-electron chi connectivity index (χ0n) is 12.8. The van der Waals surface area contributed by atoms with Crippen molar-refractivity contribution < 1.29 is 18.7 Å². The molecule has 2 unspecified atom stereocenters. The van der Waals surface area contributed by atoms with Gasteiger partial charge in [0.25, 0.3) is 0 Å². The number of carbonyl (C=O) groups excluding carboxylic acids is 1. The summed E-state index contributed by atoms with van der Waals surface area (Å²) in [5, 5.41) is 0. The van der Waals surface area contributed by atoms with Gasteiger partial charge < -0.3 is 20.1 Å². The Hall–Kier alpha value is -1.21. The Bertz CT molecular complexity index is 516. The van der Waals surface area contributed by atoms with E-state index in [1.54, 1.807) is 24.0 Å². The number of halogens is 2. The largest absolute Gasteiger partial charge is 0.383 e. The van der Waals surface area contributed by atoms with Gasteiger partial charge in [-0.25, -0.2) is 4.39 Å². The van der Waals surface area contributed by atoms with Gasteiger partial charge in [0.05, 0.1) is 19.8 Å². The summed E-state index contributed by atoms with van der Waals surface area (Å²) in [4.78, 5) is 13.9. The van der Waals surface area contributed by atoms with Crippen LogP contribution in [0, 0.1) is 12.7 Å². The van der Waals surface area contributed by atoms with Crippen molar-refractivity contribution in [2.45, 2.75) is 19.1 Å². The monoisotopic (exact) mass is 332 g/mol. The second kappa shape index (κ2) is 8.43. The highest BCUT2D eigenvalue weighted by Crippen LogP contribution is 2.24. The Morgan fingerprint density at radius 3 is 2.95 bits per heavy atom. The first kappa shape index (κ1) is 18.8. The Morgan fingerprint density at radius 2 is 2.32 bits per heavy atom. The fraction of sp³-hybridized carbons (Fsp3) is 0.533. The van der Waals surface area contributed by atoms with E-state index in [1.807, 2.05) is 0 Å². The van der Waals surface area contributed by atoms with Gasteiger partial charge in [0.1, 0.15) is 18.0 Å². The second-order valence-electron chi connectivity index (χ2n) is 5.21. The molecule has 1 saturated heterocycles. The van der Waals surface area contributed by atoms with E-state index in [0.717, 1.165) is 5.56 Å². The normalized spacial score (nSPS) is 19.5. The van der Waals surface area contributed by atoms with E-state index in [1.165, 1.54) is 13.2 Å². The highest BCUT2D eigenvalue weighted by molar-refractivity contribution is 5.85. The molecule has 5 nitrogen and oxygen atoms in total. The van der Waals surface area contributed by atoms with E-state index in [0.29, 0.717) is 25.3 Å². The molecule has 2 N–H and O–H groups in total. The number of nitrogens with two attached hydrogens (primary N) is 1. The molecule has 22 heavy (non-hydrogen) atoms. The number of ether oxygens (including phenoxy) is 2. The number of morpholine rings is 1. The Labute approximate surface area is 136 Å². The van der Waals surface area contributed by atoms with Gasteiger partial charge in [-0.1, -0.05) is 12.1 Å². The first-order valence-electron chi connectivity index (χ1n) is 6.94. The van der Waals surface area contributed by atoms with Crippen molar-refractivity contribution in [3.05, 3.63) is 35.1 Å². The van der Waals surface area contributed by atoms with Crippen LogP contribution in [0.15, 0.2) is 18.2 Å². The van der Waals surface area contributed by atoms with E-state index in [4.69, 9.17) is 15.2 Å². The molecule has 1 aromatic carbocycles.